The number of hydrogen-bond donors (Lipinski definition) is 1. The molecule has 1 fully saturated rings. The number of allylic oxidation sites excluding steroid dienone is 1. The lowest BCUT2D eigenvalue weighted by molar-refractivity contribution is 0.399. The molecule has 1 aliphatic heterocycles. The van der Waals surface area contributed by atoms with Gasteiger partial charge < -0.3 is 9.84 Å². The zero-order valence-electron chi connectivity index (χ0n) is 8.29. The van der Waals surface area contributed by atoms with Crippen molar-refractivity contribution in [3.8, 4) is 0 Å². The third-order valence-electron chi connectivity index (χ3n) is 3.29. The fourth-order valence-electron chi connectivity index (χ4n) is 2.56. The van der Waals surface area contributed by atoms with Gasteiger partial charge in [0.1, 0.15) is 0 Å². The zero-order valence-corrected chi connectivity index (χ0v) is 8.29. The minimum absolute atomic E-state index is 0.655. The Balaban J connectivity index is 1.92. The van der Waals surface area contributed by atoms with E-state index in [9.17, 15) is 0 Å². The van der Waals surface area contributed by atoms with Gasteiger partial charge in [0.05, 0.1) is 5.69 Å². The summed E-state index contributed by atoms with van der Waals surface area (Å²) < 4.78 is 5.31. The summed E-state index contributed by atoms with van der Waals surface area (Å²) in [7, 11) is 0. The van der Waals surface area contributed by atoms with Gasteiger partial charge >= 0.3 is 0 Å². The lowest BCUT2D eigenvalue weighted by atomic mass is 9.93. The molecule has 2 atom stereocenters. The molecule has 1 aromatic rings. The number of hydrogen-bond acceptors (Lipinski definition) is 3. The third kappa shape index (κ3) is 1.12. The Kier molecular flexibility index (Phi) is 1.74. The second-order valence-corrected chi connectivity index (χ2v) is 4.25. The number of rotatable bonds is 1. The van der Waals surface area contributed by atoms with Crippen molar-refractivity contribution in [3.05, 3.63) is 23.6 Å². The van der Waals surface area contributed by atoms with Crippen LogP contribution < -0.4 is 5.32 Å². The van der Waals surface area contributed by atoms with Gasteiger partial charge in [-0.05, 0) is 31.4 Å². The summed E-state index contributed by atoms with van der Waals surface area (Å²) in [6.45, 7) is 4.21. The van der Waals surface area contributed by atoms with Gasteiger partial charge in [0.25, 0.3) is 0 Å². The highest BCUT2D eigenvalue weighted by Crippen LogP contribution is 2.40. The van der Waals surface area contributed by atoms with Gasteiger partial charge in [-0.15, -0.1) is 0 Å². The molecule has 0 spiro atoms. The van der Waals surface area contributed by atoms with Crippen LogP contribution in [0.15, 0.2) is 16.7 Å². The highest BCUT2D eigenvalue weighted by molar-refractivity contribution is 5.66. The Bertz CT molecular complexity index is 380. The Morgan fingerprint density at radius 2 is 2.43 bits per heavy atom. The summed E-state index contributed by atoms with van der Waals surface area (Å²) in [5.74, 6) is 2.41. The van der Waals surface area contributed by atoms with Crippen LogP contribution in [-0.2, 0) is 0 Å². The molecule has 0 amide bonds. The SMILES string of the molecule is Cc1cc(C2=CC[C@@H]3CNC[C@H]23)on1. The minimum atomic E-state index is 0.655. The molecule has 1 aromatic heterocycles. The van der Waals surface area contributed by atoms with Crippen molar-refractivity contribution in [1.29, 1.82) is 0 Å². The maximum Gasteiger partial charge on any atom is 0.163 e. The predicted octanol–water partition coefficient (Wildman–Crippen LogP) is 1.61. The van der Waals surface area contributed by atoms with Crippen molar-refractivity contribution in [2.75, 3.05) is 13.1 Å². The van der Waals surface area contributed by atoms with Crippen molar-refractivity contribution >= 4 is 5.57 Å². The lowest BCUT2D eigenvalue weighted by Crippen LogP contribution is -2.09. The van der Waals surface area contributed by atoms with E-state index in [1.807, 2.05) is 13.0 Å². The molecule has 1 aliphatic carbocycles. The second-order valence-electron chi connectivity index (χ2n) is 4.25. The van der Waals surface area contributed by atoms with E-state index in [4.69, 9.17) is 4.52 Å². The van der Waals surface area contributed by atoms with Crippen molar-refractivity contribution in [3.63, 3.8) is 0 Å². The Labute approximate surface area is 83.2 Å². The van der Waals surface area contributed by atoms with Crippen LogP contribution in [-0.4, -0.2) is 18.2 Å². The lowest BCUT2D eigenvalue weighted by Gasteiger charge is -2.09. The molecular weight excluding hydrogens is 176 g/mol. The van der Waals surface area contributed by atoms with Crippen molar-refractivity contribution in [2.24, 2.45) is 11.8 Å². The molecule has 74 valence electrons. The van der Waals surface area contributed by atoms with Gasteiger partial charge in [0, 0.05) is 18.5 Å². The van der Waals surface area contributed by atoms with Gasteiger partial charge in [-0.2, -0.15) is 0 Å². The molecular formula is C11H14N2O. The van der Waals surface area contributed by atoms with Crippen LogP contribution in [0.2, 0.25) is 0 Å². The monoisotopic (exact) mass is 190 g/mol. The van der Waals surface area contributed by atoms with Crippen LogP contribution in [0.5, 0.6) is 0 Å². The quantitative estimate of drug-likeness (QED) is 0.731. The largest absolute Gasteiger partial charge is 0.356 e. The summed E-state index contributed by atoms with van der Waals surface area (Å²) in [4.78, 5) is 0. The number of aromatic nitrogens is 1. The summed E-state index contributed by atoms with van der Waals surface area (Å²) in [5, 5.41) is 7.37. The third-order valence-corrected chi connectivity index (χ3v) is 3.29. The first-order valence-corrected chi connectivity index (χ1v) is 5.19. The van der Waals surface area contributed by atoms with E-state index in [1.54, 1.807) is 0 Å². The first kappa shape index (κ1) is 8.24. The molecule has 0 saturated carbocycles. The topological polar surface area (TPSA) is 38.1 Å². The van der Waals surface area contributed by atoms with Crippen LogP contribution >= 0.6 is 0 Å². The number of nitrogens with one attached hydrogen (secondary N) is 1. The molecule has 0 unspecified atom stereocenters. The molecule has 2 heterocycles. The number of aryl methyl sites for hydroxylation is 1. The molecule has 0 radical (unpaired) electrons. The van der Waals surface area contributed by atoms with E-state index in [0.717, 1.165) is 30.5 Å². The number of fused-ring (bicyclic) bond motifs is 1. The standard InChI is InChI=1S/C11H14N2O/c1-7-4-11(14-13-7)9-3-2-8-5-12-6-10(8)9/h3-4,8,10,12H,2,5-6H2,1H3/t8-,10+/m1/s1. The van der Waals surface area contributed by atoms with Crippen LogP contribution in [0, 0.1) is 18.8 Å². The summed E-state index contributed by atoms with van der Waals surface area (Å²) >= 11 is 0. The summed E-state index contributed by atoms with van der Waals surface area (Å²) in [6, 6.07) is 2.03. The van der Waals surface area contributed by atoms with Gasteiger partial charge in [0.2, 0.25) is 0 Å². The molecule has 14 heavy (non-hydrogen) atoms. The molecule has 3 rings (SSSR count). The summed E-state index contributed by atoms with van der Waals surface area (Å²) in [6.07, 6.45) is 3.50. The summed E-state index contributed by atoms with van der Waals surface area (Å²) in [5.41, 5.74) is 2.33. The highest BCUT2D eigenvalue weighted by Gasteiger charge is 2.35. The molecule has 3 nitrogen and oxygen atoms in total. The van der Waals surface area contributed by atoms with Crippen LogP contribution in [0.3, 0.4) is 0 Å². The predicted molar refractivity (Wildman–Crippen MR) is 53.7 cm³/mol. The normalized spacial score (nSPS) is 30.5. The van der Waals surface area contributed by atoms with Crippen molar-refractivity contribution in [2.45, 2.75) is 13.3 Å². The van der Waals surface area contributed by atoms with E-state index in [2.05, 4.69) is 16.5 Å². The average Bonchev–Trinajstić information content (AvgIpc) is 2.77. The van der Waals surface area contributed by atoms with Gasteiger partial charge in [-0.3, -0.25) is 0 Å². The van der Waals surface area contributed by atoms with Gasteiger partial charge in [0.15, 0.2) is 5.76 Å². The van der Waals surface area contributed by atoms with Gasteiger partial charge in [-0.1, -0.05) is 11.2 Å². The smallest absolute Gasteiger partial charge is 0.163 e. The second kappa shape index (κ2) is 2.95. The first-order valence-electron chi connectivity index (χ1n) is 5.19. The average molecular weight is 190 g/mol. The molecule has 1 saturated heterocycles. The van der Waals surface area contributed by atoms with Crippen LogP contribution in [0.4, 0.5) is 0 Å². The van der Waals surface area contributed by atoms with Crippen molar-refractivity contribution < 1.29 is 4.52 Å². The van der Waals surface area contributed by atoms with E-state index < -0.39 is 0 Å². The maximum atomic E-state index is 5.31. The Morgan fingerprint density at radius 1 is 1.50 bits per heavy atom. The Morgan fingerprint density at radius 3 is 3.21 bits per heavy atom. The zero-order chi connectivity index (χ0) is 9.54. The molecule has 0 aromatic carbocycles. The fraction of sp³-hybridized carbons (Fsp3) is 0.545. The van der Waals surface area contributed by atoms with E-state index in [1.165, 1.54) is 12.0 Å². The highest BCUT2D eigenvalue weighted by atomic mass is 16.5. The Hall–Kier alpha value is -1.09. The first-order chi connectivity index (χ1) is 6.84. The van der Waals surface area contributed by atoms with E-state index in [0.29, 0.717) is 5.92 Å². The molecule has 0 bridgehead atoms. The van der Waals surface area contributed by atoms with Crippen LogP contribution in [0.1, 0.15) is 17.9 Å². The molecule has 2 aliphatic rings. The molecule has 1 N–H and O–H groups in total. The van der Waals surface area contributed by atoms with Gasteiger partial charge in [-0.25, -0.2) is 0 Å². The van der Waals surface area contributed by atoms with Crippen LogP contribution in [0.25, 0.3) is 5.57 Å². The maximum absolute atomic E-state index is 5.31. The van der Waals surface area contributed by atoms with E-state index in [-0.39, 0.29) is 0 Å². The minimum Gasteiger partial charge on any atom is -0.356 e. The fourth-order valence-corrected chi connectivity index (χ4v) is 2.56. The molecule has 3 heteroatoms. The number of nitrogens with zero attached hydrogens (tertiary/aromatic N) is 1. The van der Waals surface area contributed by atoms with Crippen molar-refractivity contribution in [1.82, 2.24) is 10.5 Å². The van der Waals surface area contributed by atoms with E-state index >= 15 is 0 Å².